The zero-order valence-corrected chi connectivity index (χ0v) is 69.5. The number of hydrogen-bond donors (Lipinski definition) is 0. The summed E-state index contributed by atoms with van der Waals surface area (Å²) in [7, 11) is 0. The molecule has 2 aliphatic heterocycles. The Labute approximate surface area is 725 Å². The predicted octanol–water partition coefficient (Wildman–Crippen LogP) is 31.7. The lowest BCUT2D eigenvalue weighted by molar-refractivity contribution is 0.660. The van der Waals surface area contributed by atoms with E-state index in [9.17, 15) is 0 Å². The molecule has 124 heavy (non-hydrogen) atoms. The largest absolute Gasteiger partial charge is 0.310 e. The van der Waals surface area contributed by atoms with Gasteiger partial charge in [0.2, 0.25) is 0 Å². The van der Waals surface area contributed by atoms with Crippen molar-refractivity contribution in [2.45, 2.75) is 49.4 Å². The highest BCUT2D eigenvalue weighted by Gasteiger charge is 2.55. The van der Waals surface area contributed by atoms with Crippen LogP contribution >= 0.6 is 0 Å². The van der Waals surface area contributed by atoms with Crippen LogP contribution < -0.4 is 19.6 Å². The molecule has 19 aromatic rings. The molecule has 6 aliphatic rings. The zero-order valence-electron chi connectivity index (χ0n) is 69.5. The van der Waals surface area contributed by atoms with Gasteiger partial charge < -0.3 is 19.6 Å². The Balaban J connectivity index is 0.000000140. The fourth-order valence-electron chi connectivity index (χ4n) is 22.5. The summed E-state index contributed by atoms with van der Waals surface area (Å²) >= 11 is 0. The zero-order chi connectivity index (χ0) is 82.6. The van der Waals surface area contributed by atoms with E-state index in [0.717, 1.165) is 34.1 Å². The molecule has 4 aliphatic carbocycles. The molecule has 0 saturated carbocycles. The van der Waals surface area contributed by atoms with Gasteiger partial charge in [0.1, 0.15) is 0 Å². The lowest BCUT2D eigenvalue weighted by atomic mass is 9.64. The van der Waals surface area contributed by atoms with Crippen LogP contribution in [0.5, 0.6) is 0 Å². The molecule has 0 unspecified atom stereocenters. The molecule has 2 spiro atoms. The molecular weight excluding hydrogens is 1500 g/mol. The first-order chi connectivity index (χ1) is 61.1. The first-order valence-electron chi connectivity index (χ1n) is 43.5. The molecule has 0 saturated heterocycles. The van der Waals surface area contributed by atoms with Gasteiger partial charge >= 0.3 is 0 Å². The average molecular weight is 1580 g/mol. The fourth-order valence-corrected chi connectivity index (χ4v) is 22.5. The van der Waals surface area contributed by atoms with Gasteiger partial charge in [-0.05, 0) is 254 Å². The van der Waals surface area contributed by atoms with Gasteiger partial charge in [0, 0.05) is 56.1 Å². The second kappa shape index (κ2) is 28.1. The van der Waals surface area contributed by atoms with Crippen LogP contribution in [0.15, 0.2) is 449 Å². The van der Waals surface area contributed by atoms with Crippen LogP contribution in [-0.2, 0) is 21.7 Å². The number of para-hydroxylation sites is 8. The van der Waals surface area contributed by atoms with E-state index in [4.69, 9.17) is 0 Å². The molecule has 4 heteroatoms. The minimum atomic E-state index is -0.549. The maximum absolute atomic E-state index is 2.51. The minimum Gasteiger partial charge on any atom is -0.310 e. The van der Waals surface area contributed by atoms with Gasteiger partial charge in [0.05, 0.1) is 45.0 Å². The van der Waals surface area contributed by atoms with E-state index in [1.165, 1.54) is 178 Å². The Morgan fingerprint density at radius 1 is 0.194 bits per heavy atom. The smallest absolute Gasteiger partial charge is 0.0755 e. The lowest BCUT2D eigenvalue weighted by Crippen LogP contribution is -2.36. The molecule has 0 bridgehead atoms. The highest BCUT2D eigenvalue weighted by Crippen LogP contribution is 2.68. The maximum Gasteiger partial charge on any atom is 0.0755 e. The van der Waals surface area contributed by atoms with Gasteiger partial charge in [0.15, 0.2) is 0 Å². The Kier molecular flexibility index (Phi) is 16.5. The van der Waals surface area contributed by atoms with E-state index in [0.29, 0.717) is 0 Å². The summed E-state index contributed by atoms with van der Waals surface area (Å²) in [5.74, 6) is 0. The van der Waals surface area contributed by atoms with Crippen molar-refractivity contribution in [3.8, 4) is 66.8 Å². The number of nitrogens with zero attached hydrogens (tertiary/aromatic N) is 4. The molecule has 2 heterocycles. The van der Waals surface area contributed by atoms with E-state index in [2.05, 4.69) is 496 Å². The van der Waals surface area contributed by atoms with Crippen LogP contribution in [0.25, 0.3) is 77.5 Å². The van der Waals surface area contributed by atoms with E-state index in [1.807, 2.05) is 0 Å². The average Bonchev–Trinajstić information content (AvgIpc) is 1.49. The lowest BCUT2D eigenvalue weighted by Gasteiger charge is -2.45. The first kappa shape index (κ1) is 72.6. The van der Waals surface area contributed by atoms with Crippen molar-refractivity contribution in [1.29, 1.82) is 0 Å². The van der Waals surface area contributed by atoms with Crippen LogP contribution in [0, 0.1) is 0 Å². The van der Waals surface area contributed by atoms with Gasteiger partial charge in [-0.1, -0.05) is 355 Å². The molecule has 19 aromatic carbocycles. The Morgan fingerprint density at radius 3 is 0.952 bits per heavy atom. The van der Waals surface area contributed by atoms with E-state index >= 15 is 0 Å². The first-order valence-corrected chi connectivity index (χ1v) is 43.5. The third-order valence-corrected chi connectivity index (χ3v) is 27.9. The Morgan fingerprint density at radius 2 is 0.508 bits per heavy atom. The molecule has 0 N–H and O–H groups in total. The fraction of sp³-hybridized carbons (Fsp3) is 0.0667. The summed E-state index contributed by atoms with van der Waals surface area (Å²) in [5, 5.41) is 2.55. The van der Waals surface area contributed by atoms with Crippen molar-refractivity contribution in [2.24, 2.45) is 0 Å². The van der Waals surface area contributed by atoms with Crippen LogP contribution in [-0.4, -0.2) is 0 Å². The summed E-state index contributed by atoms with van der Waals surface area (Å²) in [6.07, 6.45) is 0. The van der Waals surface area contributed by atoms with Crippen molar-refractivity contribution in [3.05, 3.63) is 516 Å². The van der Waals surface area contributed by atoms with Gasteiger partial charge in [-0.15, -0.1) is 0 Å². The van der Waals surface area contributed by atoms with E-state index in [1.54, 1.807) is 0 Å². The number of rotatable bonds is 10. The highest BCUT2D eigenvalue weighted by molar-refractivity contribution is 6.05. The number of hydrogen-bond acceptors (Lipinski definition) is 4. The third kappa shape index (κ3) is 10.6. The van der Waals surface area contributed by atoms with Crippen LogP contribution in [0.1, 0.15) is 94.5 Å². The molecule has 0 aromatic heterocycles. The van der Waals surface area contributed by atoms with Gasteiger partial charge in [-0.2, -0.15) is 0 Å². The summed E-state index contributed by atoms with van der Waals surface area (Å²) in [5.41, 5.74) is 43.6. The van der Waals surface area contributed by atoms with E-state index in [-0.39, 0.29) is 10.8 Å². The molecule has 0 fully saturated rings. The summed E-state index contributed by atoms with van der Waals surface area (Å²) in [6.45, 7) is 9.58. The number of benzene rings is 19. The normalized spacial score (nSPS) is 14.4. The van der Waals surface area contributed by atoms with Crippen molar-refractivity contribution in [3.63, 3.8) is 0 Å². The second-order valence-electron chi connectivity index (χ2n) is 34.9. The predicted molar refractivity (Wildman–Crippen MR) is 517 cm³/mol. The SMILES string of the molecule is CC1(C)c2cc(-c3cccc4ccccc34)ccc2-c2ccc(N(c3ccccc3)c3cccc4c3-c3ccccc3C43c4ccccc4N(c4ccccc4)c4ccccc43)cc21.CC1(C)c2cc(-c3ccccc3)ccc2-c2ccc(N(c3ccccc3)c3cccc4c3-c3ccccc3C43c4ccccc4N(c4ccccc4)c4ccccc43)cc21. The van der Waals surface area contributed by atoms with Crippen molar-refractivity contribution in [2.75, 3.05) is 19.6 Å². The van der Waals surface area contributed by atoms with Crippen molar-refractivity contribution < 1.29 is 0 Å². The topological polar surface area (TPSA) is 13.0 Å². The van der Waals surface area contributed by atoms with Gasteiger partial charge in [0.25, 0.3) is 0 Å². The molecule has 0 atom stereocenters. The molecule has 4 nitrogen and oxygen atoms in total. The van der Waals surface area contributed by atoms with Gasteiger partial charge in [-0.3, -0.25) is 0 Å². The van der Waals surface area contributed by atoms with Crippen LogP contribution in [0.3, 0.4) is 0 Å². The van der Waals surface area contributed by atoms with Crippen LogP contribution in [0.2, 0.25) is 0 Å². The second-order valence-corrected chi connectivity index (χ2v) is 34.9. The highest BCUT2D eigenvalue weighted by atomic mass is 15.2. The standard InChI is InChI=1S/C62H44N2.C58H42N2/c1-61(2)55-39-42(47-27-17-20-41-19-9-10-25-46(41)47)35-37-48(55)49-38-36-45(40-56(49)61)63(43-21-5-3-6-22-43)59-34-18-31-54-60(59)50-26-11-12-28-51(50)62(54)52-29-13-15-32-57(52)64(44-23-7-4-8-24-44)58-33-16-14-30-53(58)62;1-57(2)51-37-40(39-19-6-3-7-20-39)33-35-44(51)45-36-34-43(38-52(45)57)59(41-21-8-4-9-22-41)55-32-18-29-50-56(55)46-25-12-13-26-47(46)58(50)48-27-14-16-30-53(48)60(42-23-10-5-11-24-42)54-31-17-15-28-49(54)58/h3-40H,1-2H3;3-38H,1-2H3. The van der Waals surface area contributed by atoms with Crippen molar-refractivity contribution in [1.82, 2.24) is 0 Å². The van der Waals surface area contributed by atoms with Crippen molar-refractivity contribution >= 4 is 79.0 Å². The quantitative estimate of drug-likeness (QED) is 0.135. The number of fused-ring (bicyclic) bond motifs is 25. The van der Waals surface area contributed by atoms with Gasteiger partial charge in [-0.25, -0.2) is 0 Å². The third-order valence-electron chi connectivity index (χ3n) is 27.9. The Bertz CT molecular complexity index is 7410. The minimum absolute atomic E-state index is 0.191. The summed E-state index contributed by atoms with van der Waals surface area (Å²) in [6, 6.07) is 167. The maximum atomic E-state index is 2.51. The van der Waals surface area contributed by atoms with E-state index < -0.39 is 10.8 Å². The molecule has 0 amide bonds. The summed E-state index contributed by atoms with van der Waals surface area (Å²) in [4.78, 5) is 9.91. The molecule has 0 radical (unpaired) electrons. The number of anilines is 12. The molecule has 586 valence electrons. The summed E-state index contributed by atoms with van der Waals surface area (Å²) < 4.78 is 0. The molecule has 25 rings (SSSR count). The van der Waals surface area contributed by atoms with Crippen LogP contribution in [0.4, 0.5) is 68.2 Å². The molecular formula is C120H86N4. The monoisotopic (exact) mass is 1580 g/mol. The Hall–Kier alpha value is -15.4.